The summed E-state index contributed by atoms with van der Waals surface area (Å²) in [5, 5.41) is 3.34. The highest BCUT2D eigenvalue weighted by atomic mass is 16.5. The van der Waals surface area contributed by atoms with Crippen LogP contribution in [0.25, 0.3) is 0 Å². The normalized spacial score (nSPS) is 17.9. The number of likely N-dealkylation sites (N-methyl/N-ethyl adjacent to an activating group) is 1. The van der Waals surface area contributed by atoms with Gasteiger partial charge in [-0.2, -0.15) is 0 Å². The van der Waals surface area contributed by atoms with E-state index in [0.717, 1.165) is 19.0 Å². The van der Waals surface area contributed by atoms with Crippen molar-refractivity contribution in [1.82, 2.24) is 5.32 Å². The fourth-order valence-electron chi connectivity index (χ4n) is 2.03. The van der Waals surface area contributed by atoms with E-state index in [1.165, 1.54) is 11.1 Å². The SMILES string of the molecule is CCOc1ccc(C2(NC)COC2)cc1C. The van der Waals surface area contributed by atoms with Crippen LogP contribution in [0.4, 0.5) is 0 Å². The molecule has 1 aliphatic rings. The molecule has 1 aromatic carbocycles. The fraction of sp³-hybridized carbons (Fsp3) is 0.538. The molecule has 1 aromatic rings. The highest BCUT2D eigenvalue weighted by Crippen LogP contribution is 2.31. The zero-order valence-corrected chi connectivity index (χ0v) is 10.2. The van der Waals surface area contributed by atoms with Gasteiger partial charge >= 0.3 is 0 Å². The zero-order chi connectivity index (χ0) is 11.6. The smallest absolute Gasteiger partial charge is 0.122 e. The van der Waals surface area contributed by atoms with Crippen molar-refractivity contribution < 1.29 is 9.47 Å². The van der Waals surface area contributed by atoms with E-state index in [1.807, 2.05) is 20.0 Å². The molecule has 2 rings (SSSR count). The van der Waals surface area contributed by atoms with Crippen LogP contribution in [0.2, 0.25) is 0 Å². The maximum atomic E-state index is 5.54. The van der Waals surface area contributed by atoms with Crippen LogP contribution in [0.3, 0.4) is 0 Å². The minimum absolute atomic E-state index is 0.00943. The molecular weight excluding hydrogens is 202 g/mol. The van der Waals surface area contributed by atoms with Gasteiger partial charge in [0.25, 0.3) is 0 Å². The molecule has 1 fully saturated rings. The minimum atomic E-state index is 0.00943. The van der Waals surface area contributed by atoms with Gasteiger partial charge < -0.3 is 14.8 Å². The van der Waals surface area contributed by atoms with E-state index in [9.17, 15) is 0 Å². The lowest BCUT2D eigenvalue weighted by Crippen LogP contribution is -2.56. The summed E-state index contributed by atoms with van der Waals surface area (Å²) in [6, 6.07) is 6.35. The molecule has 0 unspecified atom stereocenters. The lowest BCUT2D eigenvalue weighted by atomic mass is 9.87. The lowest BCUT2D eigenvalue weighted by Gasteiger charge is -2.42. The third-order valence-electron chi connectivity index (χ3n) is 3.20. The van der Waals surface area contributed by atoms with E-state index in [4.69, 9.17) is 9.47 Å². The van der Waals surface area contributed by atoms with Crippen LogP contribution in [0.1, 0.15) is 18.1 Å². The zero-order valence-electron chi connectivity index (χ0n) is 10.2. The van der Waals surface area contributed by atoms with E-state index < -0.39 is 0 Å². The molecule has 1 aliphatic heterocycles. The van der Waals surface area contributed by atoms with Crippen molar-refractivity contribution in [2.45, 2.75) is 19.4 Å². The number of nitrogens with one attached hydrogen (secondary N) is 1. The standard InChI is InChI=1S/C13H19NO2/c1-4-16-12-6-5-11(7-10(12)2)13(14-3)8-15-9-13/h5-7,14H,4,8-9H2,1-3H3. The monoisotopic (exact) mass is 221 g/mol. The number of ether oxygens (including phenoxy) is 2. The molecule has 3 heteroatoms. The molecule has 0 saturated carbocycles. The summed E-state index contributed by atoms with van der Waals surface area (Å²) in [6.45, 7) is 6.29. The van der Waals surface area contributed by atoms with Crippen molar-refractivity contribution in [2.24, 2.45) is 0 Å². The average Bonchev–Trinajstić information content (AvgIpc) is 2.21. The van der Waals surface area contributed by atoms with Crippen LogP contribution in [0.5, 0.6) is 5.75 Å². The van der Waals surface area contributed by atoms with Crippen LogP contribution in [0, 0.1) is 6.92 Å². The molecule has 1 saturated heterocycles. The molecular formula is C13H19NO2. The average molecular weight is 221 g/mol. The van der Waals surface area contributed by atoms with E-state index in [-0.39, 0.29) is 5.54 Å². The highest BCUT2D eigenvalue weighted by Gasteiger charge is 2.38. The van der Waals surface area contributed by atoms with Crippen molar-refractivity contribution >= 4 is 0 Å². The summed E-state index contributed by atoms with van der Waals surface area (Å²) in [4.78, 5) is 0. The predicted octanol–water partition coefficient (Wildman–Crippen LogP) is 1.84. The molecule has 0 radical (unpaired) electrons. The summed E-state index contributed by atoms with van der Waals surface area (Å²) >= 11 is 0. The van der Waals surface area contributed by atoms with Crippen LogP contribution in [0.15, 0.2) is 18.2 Å². The fourth-order valence-corrected chi connectivity index (χ4v) is 2.03. The van der Waals surface area contributed by atoms with Crippen molar-refractivity contribution in [2.75, 3.05) is 26.9 Å². The Kier molecular flexibility index (Phi) is 3.17. The Morgan fingerprint density at radius 1 is 1.44 bits per heavy atom. The maximum absolute atomic E-state index is 5.54. The van der Waals surface area contributed by atoms with Crippen molar-refractivity contribution in [1.29, 1.82) is 0 Å². The van der Waals surface area contributed by atoms with Crippen molar-refractivity contribution in [3.8, 4) is 5.75 Å². The maximum Gasteiger partial charge on any atom is 0.122 e. The Hall–Kier alpha value is -1.06. The Balaban J connectivity index is 2.26. The summed E-state index contributed by atoms with van der Waals surface area (Å²) in [6.07, 6.45) is 0. The van der Waals surface area contributed by atoms with E-state index in [1.54, 1.807) is 0 Å². The molecule has 0 amide bonds. The Morgan fingerprint density at radius 2 is 2.19 bits per heavy atom. The molecule has 1 heterocycles. The van der Waals surface area contributed by atoms with Gasteiger partial charge in [0.2, 0.25) is 0 Å². The molecule has 16 heavy (non-hydrogen) atoms. The first kappa shape index (κ1) is 11.4. The van der Waals surface area contributed by atoms with Gasteiger partial charge in [-0.05, 0) is 38.1 Å². The largest absolute Gasteiger partial charge is 0.494 e. The van der Waals surface area contributed by atoms with Crippen LogP contribution in [-0.4, -0.2) is 26.9 Å². The highest BCUT2D eigenvalue weighted by molar-refractivity contribution is 5.40. The van der Waals surface area contributed by atoms with Crippen LogP contribution >= 0.6 is 0 Å². The van der Waals surface area contributed by atoms with Crippen molar-refractivity contribution in [3.63, 3.8) is 0 Å². The van der Waals surface area contributed by atoms with Crippen LogP contribution < -0.4 is 10.1 Å². The van der Waals surface area contributed by atoms with Gasteiger partial charge in [0.1, 0.15) is 5.75 Å². The lowest BCUT2D eigenvalue weighted by molar-refractivity contribution is -0.0748. The number of aryl methyl sites for hydroxylation is 1. The molecule has 0 aliphatic carbocycles. The van der Waals surface area contributed by atoms with Gasteiger partial charge in [-0.1, -0.05) is 12.1 Å². The molecule has 3 nitrogen and oxygen atoms in total. The Labute approximate surface area is 96.8 Å². The molecule has 0 bridgehead atoms. The predicted molar refractivity (Wildman–Crippen MR) is 63.9 cm³/mol. The number of benzene rings is 1. The quantitative estimate of drug-likeness (QED) is 0.841. The topological polar surface area (TPSA) is 30.5 Å². The van der Waals surface area contributed by atoms with Gasteiger partial charge in [0, 0.05) is 0 Å². The summed E-state index contributed by atoms with van der Waals surface area (Å²) in [5.74, 6) is 0.970. The van der Waals surface area contributed by atoms with E-state index in [2.05, 4.69) is 24.4 Å². The van der Waals surface area contributed by atoms with E-state index in [0.29, 0.717) is 6.61 Å². The molecule has 0 aromatic heterocycles. The Bertz CT molecular complexity index is 367. The molecule has 0 atom stereocenters. The first-order chi connectivity index (χ1) is 7.72. The summed E-state index contributed by atoms with van der Waals surface area (Å²) < 4.78 is 10.8. The second kappa shape index (κ2) is 4.44. The molecule has 1 N–H and O–H groups in total. The first-order valence-corrected chi connectivity index (χ1v) is 5.72. The van der Waals surface area contributed by atoms with E-state index >= 15 is 0 Å². The summed E-state index contributed by atoms with van der Waals surface area (Å²) in [5.41, 5.74) is 2.47. The molecule has 0 spiro atoms. The third kappa shape index (κ3) is 1.81. The minimum Gasteiger partial charge on any atom is -0.494 e. The van der Waals surface area contributed by atoms with Gasteiger partial charge in [0.05, 0.1) is 25.4 Å². The Morgan fingerprint density at radius 3 is 2.62 bits per heavy atom. The molecule has 88 valence electrons. The number of rotatable bonds is 4. The number of hydrogen-bond acceptors (Lipinski definition) is 3. The van der Waals surface area contributed by atoms with Crippen molar-refractivity contribution in [3.05, 3.63) is 29.3 Å². The summed E-state index contributed by atoms with van der Waals surface area (Å²) in [7, 11) is 1.98. The first-order valence-electron chi connectivity index (χ1n) is 5.72. The second-order valence-electron chi connectivity index (χ2n) is 4.24. The number of hydrogen-bond donors (Lipinski definition) is 1. The van der Waals surface area contributed by atoms with Gasteiger partial charge in [-0.15, -0.1) is 0 Å². The third-order valence-corrected chi connectivity index (χ3v) is 3.20. The second-order valence-corrected chi connectivity index (χ2v) is 4.24. The van der Waals surface area contributed by atoms with Crippen LogP contribution in [-0.2, 0) is 10.3 Å². The van der Waals surface area contributed by atoms with Gasteiger partial charge in [-0.25, -0.2) is 0 Å². The van der Waals surface area contributed by atoms with Gasteiger partial charge in [-0.3, -0.25) is 0 Å². The van der Waals surface area contributed by atoms with Gasteiger partial charge in [0.15, 0.2) is 0 Å².